The molecule has 0 heterocycles. The summed E-state index contributed by atoms with van der Waals surface area (Å²) in [5.74, 6) is 5.74. The summed E-state index contributed by atoms with van der Waals surface area (Å²) in [5.41, 5.74) is 8.03. The minimum absolute atomic E-state index is 0.00309. The monoisotopic (exact) mass is 216 g/mol. The van der Waals surface area contributed by atoms with Crippen LogP contribution in [0.5, 0.6) is 0 Å². The first-order valence-electron chi connectivity index (χ1n) is 5.26. The van der Waals surface area contributed by atoms with Gasteiger partial charge in [0.05, 0.1) is 6.54 Å². The van der Waals surface area contributed by atoms with Gasteiger partial charge in [0.25, 0.3) is 0 Å². The molecule has 1 amide bonds. The fourth-order valence-corrected chi connectivity index (χ4v) is 1.33. The molecule has 0 unspecified atom stereocenters. The second kappa shape index (κ2) is 5.94. The molecular formula is C13H16N2O. The number of hydrogen-bond donors (Lipinski definition) is 2. The summed E-state index contributed by atoms with van der Waals surface area (Å²) in [6, 6.07) is 5.73. The quantitative estimate of drug-likeness (QED) is 0.739. The van der Waals surface area contributed by atoms with E-state index in [0.29, 0.717) is 13.0 Å². The van der Waals surface area contributed by atoms with Crippen molar-refractivity contribution in [1.29, 1.82) is 0 Å². The SMILES string of the molecule is CCC(=O)Nc1cc(C)cc(C#CCN)c1. The van der Waals surface area contributed by atoms with E-state index in [4.69, 9.17) is 5.73 Å². The lowest BCUT2D eigenvalue weighted by molar-refractivity contribution is -0.115. The third-order valence-electron chi connectivity index (χ3n) is 2.02. The Kier molecular flexibility index (Phi) is 4.56. The Morgan fingerprint density at radius 2 is 2.19 bits per heavy atom. The molecule has 0 saturated heterocycles. The summed E-state index contributed by atoms with van der Waals surface area (Å²) in [6.07, 6.45) is 0.470. The Morgan fingerprint density at radius 3 is 2.81 bits per heavy atom. The average Bonchev–Trinajstić information content (AvgIpc) is 2.25. The second-order valence-electron chi connectivity index (χ2n) is 3.50. The standard InChI is InChI=1S/C13H16N2O/c1-3-13(16)15-12-8-10(2)7-11(9-12)5-4-6-14/h7-9H,3,6,14H2,1-2H3,(H,15,16). The molecule has 0 aliphatic rings. The smallest absolute Gasteiger partial charge is 0.224 e. The van der Waals surface area contributed by atoms with E-state index >= 15 is 0 Å². The van der Waals surface area contributed by atoms with Gasteiger partial charge in [-0.25, -0.2) is 0 Å². The Morgan fingerprint density at radius 1 is 1.44 bits per heavy atom. The zero-order chi connectivity index (χ0) is 12.0. The maximum atomic E-state index is 11.3. The highest BCUT2D eigenvalue weighted by molar-refractivity contribution is 5.90. The lowest BCUT2D eigenvalue weighted by atomic mass is 10.1. The van der Waals surface area contributed by atoms with Crippen LogP contribution in [0.15, 0.2) is 18.2 Å². The van der Waals surface area contributed by atoms with E-state index in [9.17, 15) is 4.79 Å². The Hall–Kier alpha value is -1.79. The summed E-state index contributed by atoms with van der Waals surface area (Å²) < 4.78 is 0. The first-order chi connectivity index (χ1) is 7.65. The molecular weight excluding hydrogens is 200 g/mol. The van der Waals surface area contributed by atoms with Gasteiger partial charge in [0, 0.05) is 17.7 Å². The lowest BCUT2D eigenvalue weighted by Gasteiger charge is -2.05. The molecule has 1 rings (SSSR count). The summed E-state index contributed by atoms with van der Waals surface area (Å²) in [6.45, 7) is 4.13. The molecule has 0 atom stereocenters. The van der Waals surface area contributed by atoms with Crippen molar-refractivity contribution in [2.45, 2.75) is 20.3 Å². The molecule has 0 spiro atoms. The third kappa shape index (κ3) is 3.76. The number of hydrogen-bond acceptors (Lipinski definition) is 2. The Labute approximate surface area is 96.0 Å². The minimum atomic E-state index is 0.00309. The van der Waals surface area contributed by atoms with Gasteiger partial charge >= 0.3 is 0 Å². The van der Waals surface area contributed by atoms with Crippen molar-refractivity contribution in [2.75, 3.05) is 11.9 Å². The van der Waals surface area contributed by atoms with Crippen LogP contribution in [-0.2, 0) is 4.79 Å². The molecule has 0 fully saturated rings. The summed E-state index contributed by atoms with van der Waals surface area (Å²) in [5, 5.41) is 2.81. The first-order valence-corrected chi connectivity index (χ1v) is 5.26. The highest BCUT2D eigenvalue weighted by Gasteiger charge is 2.00. The molecule has 0 bridgehead atoms. The van der Waals surface area contributed by atoms with Gasteiger partial charge in [0.2, 0.25) is 5.91 Å². The molecule has 1 aromatic carbocycles. The van der Waals surface area contributed by atoms with Gasteiger partial charge in [-0.1, -0.05) is 18.8 Å². The van der Waals surface area contributed by atoms with Crippen LogP contribution >= 0.6 is 0 Å². The van der Waals surface area contributed by atoms with Gasteiger partial charge in [0.1, 0.15) is 0 Å². The number of carbonyl (C=O) groups is 1. The average molecular weight is 216 g/mol. The number of anilines is 1. The van der Waals surface area contributed by atoms with E-state index in [1.165, 1.54) is 0 Å². The normalized spacial score (nSPS) is 9.19. The molecule has 0 aromatic heterocycles. The van der Waals surface area contributed by atoms with E-state index < -0.39 is 0 Å². The fraction of sp³-hybridized carbons (Fsp3) is 0.308. The van der Waals surface area contributed by atoms with Crippen LogP contribution in [-0.4, -0.2) is 12.5 Å². The van der Waals surface area contributed by atoms with Gasteiger partial charge in [-0.2, -0.15) is 0 Å². The second-order valence-corrected chi connectivity index (χ2v) is 3.50. The Balaban J connectivity index is 2.94. The summed E-state index contributed by atoms with van der Waals surface area (Å²) >= 11 is 0. The van der Waals surface area contributed by atoms with E-state index in [0.717, 1.165) is 16.8 Å². The van der Waals surface area contributed by atoms with Gasteiger partial charge in [0.15, 0.2) is 0 Å². The maximum absolute atomic E-state index is 11.3. The minimum Gasteiger partial charge on any atom is -0.326 e. The van der Waals surface area contributed by atoms with Crippen molar-refractivity contribution in [3.63, 3.8) is 0 Å². The molecule has 0 aliphatic heterocycles. The van der Waals surface area contributed by atoms with E-state index in [-0.39, 0.29) is 5.91 Å². The van der Waals surface area contributed by atoms with Gasteiger partial charge < -0.3 is 11.1 Å². The van der Waals surface area contributed by atoms with Gasteiger partial charge in [-0.3, -0.25) is 4.79 Å². The van der Waals surface area contributed by atoms with Crippen LogP contribution in [0.1, 0.15) is 24.5 Å². The van der Waals surface area contributed by atoms with E-state index in [1.807, 2.05) is 32.0 Å². The van der Waals surface area contributed by atoms with Crippen molar-refractivity contribution < 1.29 is 4.79 Å². The lowest BCUT2D eigenvalue weighted by Crippen LogP contribution is -2.09. The topological polar surface area (TPSA) is 55.1 Å². The number of nitrogens with two attached hydrogens (primary N) is 1. The zero-order valence-corrected chi connectivity index (χ0v) is 9.63. The number of amides is 1. The van der Waals surface area contributed by atoms with Crippen LogP contribution in [0.25, 0.3) is 0 Å². The van der Waals surface area contributed by atoms with Crippen LogP contribution in [0, 0.1) is 18.8 Å². The summed E-state index contributed by atoms with van der Waals surface area (Å²) in [4.78, 5) is 11.3. The maximum Gasteiger partial charge on any atom is 0.224 e. The molecule has 3 N–H and O–H groups in total. The predicted octanol–water partition coefficient (Wildman–Crippen LogP) is 1.65. The van der Waals surface area contributed by atoms with Crippen LogP contribution in [0.4, 0.5) is 5.69 Å². The number of aryl methyl sites for hydroxylation is 1. The Bertz CT molecular complexity index is 441. The molecule has 0 aliphatic carbocycles. The molecule has 0 radical (unpaired) electrons. The number of nitrogens with one attached hydrogen (secondary N) is 1. The van der Waals surface area contributed by atoms with Gasteiger partial charge in [-0.15, -0.1) is 0 Å². The number of rotatable bonds is 2. The van der Waals surface area contributed by atoms with E-state index in [2.05, 4.69) is 17.2 Å². The summed E-state index contributed by atoms with van der Waals surface area (Å²) in [7, 11) is 0. The molecule has 3 heteroatoms. The highest BCUT2D eigenvalue weighted by Crippen LogP contribution is 2.14. The van der Waals surface area contributed by atoms with Crippen molar-refractivity contribution >= 4 is 11.6 Å². The highest BCUT2D eigenvalue weighted by atomic mass is 16.1. The molecule has 84 valence electrons. The first kappa shape index (κ1) is 12.3. The fourth-order valence-electron chi connectivity index (χ4n) is 1.33. The van der Waals surface area contributed by atoms with Crippen LogP contribution in [0.3, 0.4) is 0 Å². The van der Waals surface area contributed by atoms with Crippen LogP contribution < -0.4 is 11.1 Å². The number of carbonyl (C=O) groups excluding carboxylic acids is 1. The van der Waals surface area contributed by atoms with Crippen molar-refractivity contribution in [1.82, 2.24) is 0 Å². The molecule has 0 saturated carbocycles. The predicted molar refractivity (Wildman–Crippen MR) is 66.0 cm³/mol. The van der Waals surface area contributed by atoms with Gasteiger partial charge in [-0.05, 0) is 30.7 Å². The van der Waals surface area contributed by atoms with Crippen molar-refractivity contribution in [2.24, 2.45) is 5.73 Å². The van der Waals surface area contributed by atoms with Crippen molar-refractivity contribution in [3.05, 3.63) is 29.3 Å². The largest absolute Gasteiger partial charge is 0.326 e. The molecule has 3 nitrogen and oxygen atoms in total. The molecule has 1 aromatic rings. The van der Waals surface area contributed by atoms with E-state index in [1.54, 1.807) is 0 Å². The third-order valence-corrected chi connectivity index (χ3v) is 2.02. The molecule has 16 heavy (non-hydrogen) atoms. The zero-order valence-electron chi connectivity index (χ0n) is 9.63. The van der Waals surface area contributed by atoms with Crippen molar-refractivity contribution in [3.8, 4) is 11.8 Å². The number of benzene rings is 1. The van der Waals surface area contributed by atoms with Crippen LogP contribution in [0.2, 0.25) is 0 Å².